The minimum Gasteiger partial charge on any atom is -0.479 e. The fraction of sp³-hybridized carbons (Fsp3) is 0.562. The van der Waals surface area contributed by atoms with E-state index in [9.17, 15) is 4.79 Å². The molecule has 108 valence electrons. The minimum absolute atomic E-state index is 0.0825. The number of rotatable bonds is 2. The molecule has 1 aliphatic carbocycles. The van der Waals surface area contributed by atoms with Crippen molar-refractivity contribution >= 4 is 17.3 Å². The average molecular weight is 274 g/mol. The smallest absolute Gasteiger partial charge is 0.265 e. The van der Waals surface area contributed by atoms with Crippen molar-refractivity contribution in [3.05, 3.63) is 18.2 Å². The van der Waals surface area contributed by atoms with Gasteiger partial charge < -0.3 is 15.4 Å². The molecule has 1 aliphatic heterocycles. The van der Waals surface area contributed by atoms with Gasteiger partial charge in [0.1, 0.15) is 5.75 Å². The standard InChI is InChI=1S/C16H22N2O2/c1-10-4-3-5-12(8-10)17-13-6-7-15-14(9-13)18-16(19)11(2)20-15/h6-7,9-12,17H,3-5,8H2,1-2H3,(H,18,19). The summed E-state index contributed by atoms with van der Waals surface area (Å²) in [5.41, 5.74) is 1.82. The van der Waals surface area contributed by atoms with Crippen LogP contribution in [0, 0.1) is 5.92 Å². The van der Waals surface area contributed by atoms with Crippen molar-refractivity contribution in [2.75, 3.05) is 10.6 Å². The first-order chi connectivity index (χ1) is 9.61. The fourth-order valence-electron chi connectivity index (χ4n) is 3.10. The van der Waals surface area contributed by atoms with Gasteiger partial charge in [-0.1, -0.05) is 19.8 Å². The van der Waals surface area contributed by atoms with Crippen LogP contribution < -0.4 is 15.4 Å². The highest BCUT2D eigenvalue weighted by molar-refractivity contribution is 5.98. The van der Waals surface area contributed by atoms with E-state index in [0.29, 0.717) is 6.04 Å². The number of amides is 1. The third-order valence-corrected chi connectivity index (χ3v) is 4.22. The summed E-state index contributed by atoms with van der Waals surface area (Å²) in [4.78, 5) is 11.6. The molecular formula is C16H22N2O2. The van der Waals surface area contributed by atoms with E-state index in [1.165, 1.54) is 25.7 Å². The van der Waals surface area contributed by atoms with Gasteiger partial charge in [-0.2, -0.15) is 0 Å². The van der Waals surface area contributed by atoms with Crippen LogP contribution in [0.25, 0.3) is 0 Å². The molecule has 2 aliphatic rings. The third kappa shape index (κ3) is 2.74. The maximum atomic E-state index is 11.6. The van der Waals surface area contributed by atoms with Gasteiger partial charge in [-0.05, 0) is 43.9 Å². The summed E-state index contributed by atoms with van der Waals surface area (Å²) in [7, 11) is 0. The van der Waals surface area contributed by atoms with E-state index in [4.69, 9.17) is 4.74 Å². The van der Waals surface area contributed by atoms with Gasteiger partial charge >= 0.3 is 0 Å². The Morgan fingerprint density at radius 2 is 2.15 bits per heavy atom. The van der Waals surface area contributed by atoms with Gasteiger partial charge in [-0.3, -0.25) is 4.79 Å². The highest BCUT2D eigenvalue weighted by Crippen LogP contribution is 2.33. The van der Waals surface area contributed by atoms with Crippen molar-refractivity contribution < 1.29 is 9.53 Å². The number of fused-ring (bicyclic) bond motifs is 1. The fourth-order valence-corrected chi connectivity index (χ4v) is 3.10. The van der Waals surface area contributed by atoms with Crippen molar-refractivity contribution in [3.63, 3.8) is 0 Å². The van der Waals surface area contributed by atoms with E-state index in [1.807, 2.05) is 18.2 Å². The number of carbonyl (C=O) groups excluding carboxylic acids is 1. The number of ether oxygens (including phenoxy) is 1. The maximum Gasteiger partial charge on any atom is 0.265 e. The summed E-state index contributed by atoms with van der Waals surface area (Å²) < 4.78 is 5.57. The van der Waals surface area contributed by atoms with Crippen molar-refractivity contribution in [1.29, 1.82) is 0 Å². The molecule has 1 amide bonds. The number of benzene rings is 1. The van der Waals surface area contributed by atoms with Crippen LogP contribution in [0.2, 0.25) is 0 Å². The predicted octanol–water partition coefficient (Wildman–Crippen LogP) is 3.40. The molecule has 1 fully saturated rings. The molecule has 1 aromatic carbocycles. The predicted molar refractivity (Wildman–Crippen MR) is 80.2 cm³/mol. The first-order valence-corrected chi connectivity index (χ1v) is 7.50. The van der Waals surface area contributed by atoms with E-state index in [-0.39, 0.29) is 5.91 Å². The van der Waals surface area contributed by atoms with Gasteiger partial charge in [0.2, 0.25) is 0 Å². The molecule has 3 unspecified atom stereocenters. The third-order valence-electron chi connectivity index (χ3n) is 4.22. The van der Waals surface area contributed by atoms with Crippen LogP contribution in [0.3, 0.4) is 0 Å². The number of anilines is 2. The lowest BCUT2D eigenvalue weighted by Crippen LogP contribution is -2.34. The minimum atomic E-state index is -0.416. The molecule has 1 aromatic rings. The lowest BCUT2D eigenvalue weighted by atomic mass is 9.87. The normalized spacial score (nSPS) is 29.1. The van der Waals surface area contributed by atoms with Crippen LogP contribution in [0.5, 0.6) is 5.75 Å². The van der Waals surface area contributed by atoms with Crippen molar-refractivity contribution in [3.8, 4) is 5.75 Å². The van der Waals surface area contributed by atoms with E-state index in [2.05, 4.69) is 17.6 Å². The molecule has 1 heterocycles. The molecule has 4 heteroatoms. The molecular weight excluding hydrogens is 252 g/mol. The van der Waals surface area contributed by atoms with E-state index < -0.39 is 6.10 Å². The van der Waals surface area contributed by atoms with Gasteiger partial charge in [-0.15, -0.1) is 0 Å². The van der Waals surface area contributed by atoms with Crippen LogP contribution in [-0.4, -0.2) is 18.1 Å². The lowest BCUT2D eigenvalue weighted by Gasteiger charge is -2.29. The van der Waals surface area contributed by atoms with E-state index >= 15 is 0 Å². The number of carbonyl (C=O) groups is 1. The van der Waals surface area contributed by atoms with Crippen molar-refractivity contribution in [1.82, 2.24) is 0 Å². The number of hydrogen-bond donors (Lipinski definition) is 2. The Kier molecular flexibility index (Phi) is 3.55. The summed E-state index contributed by atoms with van der Waals surface area (Å²) in [6.07, 6.45) is 4.66. The molecule has 3 rings (SSSR count). The van der Waals surface area contributed by atoms with E-state index in [0.717, 1.165) is 23.0 Å². The van der Waals surface area contributed by atoms with Gasteiger partial charge in [0, 0.05) is 11.7 Å². The summed E-state index contributed by atoms with van der Waals surface area (Å²) in [5, 5.41) is 6.47. The van der Waals surface area contributed by atoms with Crippen LogP contribution in [0.15, 0.2) is 18.2 Å². The summed E-state index contributed by atoms with van der Waals surface area (Å²) >= 11 is 0. The van der Waals surface area contributed by atoms with Crippen LogP contribution in [0.1, 0.15) is 39.5 Å². The summed E-state index contributed by atoms with van der Waals surface area (Å²) in [5.74, 6) is 1.46. The first kappa shape index (κ1) is 13.3. The highest BCUT2D eigenvalue weighted by Gasteiger charge is 2.24. The monoisotopic (exact) mass is 274 g/mol. The second kappa shape index (κ2) is 5.35. The van der Waals surface area contributed by atoms with Crippen molar-refractivity contribution in [2.45, 2.75) is 51.7 Å². The zero-order chi connectivity index (χ0) is 14.1. The van der Waals surface area contributed by atoms with Crippen LogP contribution in [-0.2, 0) is 4.79 Å². The number of hydrogen-bond acceptors (Lipinski definition) is 3. The zero-order valence-electron chi connectivity index (χ0n) is 12.1. The highest BCUT2D eigenvalue weighted by atomic mass is 16.5. The Morgan fingerprint density at radius 3 is 2.95 bits per heavy atom. The molecule has 0 saturated heterocycles. The van der Waals surface area contributed by atoms with Crippen LogP contribution in [0.4, 0.5) is 11.4 Å². The molecule has 1 saturated carbocycles. The second-order valence-corrected chi connectivity index (χ2v) is 6.07. The topological polar surface area (TPSA) is 50.4 Å². The van der Waals surface area contributed by atoms with Gasteiger partial charge in [0.15, 0.2) is 6.10 Å². The Balaban J connectivity index is 1.72. The Bertz CT molecular complexity index is 515. The first-order valence-electron chi connectivity index (χ1n) is 7.50. The molecule has 4 nitrogen and oxygen atoms in total. The molecule has 0 aromatic heterocycles. The largest absolute Gasteiger partial charge is 0.479 e. The maximum absolute atomic E-state index is 11.6. The molecule has 2 N–H and O–H groups in total. The Morgan fingerprint density at radius 1 is 1.30 bits per heavy atom. The SMILES string of the molecule is CC1CCCC(Nc2ccc3c(c2)NC(=O)C(C)O3)C1. The average Bonchev–Trinajstić information content (AvgIpc) is 2.40. The summed E-state index contributed by atoms with van der Waals surface area (Å²) in [6.45, 7) is 4.07. The molecule has 3 atom stereocenters. The van der Waals surface area contributed by atoms with E-state index in [1.54, 1.807) is 6.92 Å². The van der Waals surface area contributed by atoms with Gasteiger partial charge in [0.25, 0.3) is 5.91 Å². The molecule has 0 radical (unpaired) electrons. The summed E-state index contributed by atoms with van der Waals surface area (Å²) in [6, 6.07) is 6.47. The Hall–Kier alpha value is -1.71. The molecule has 0 spiro atoms. The zero-order valence-corrected chi connectivity index (χ0v) is 12.1. The van der Waals surface area contributed by atoms with Crippen LogP contribution >= 0.6 is 0 Å². The van der Waals surface area contributed by atoms with Gasteiger partial charge in [0.05, 0.1) is 5.69 Å². The Labute approximate surface area is 119 Å². The second-order valence-electron chi connectivity index (χ2n) is 6.07. The number of nitrogens with one attached hydrogen (secondary N) is 2. The quantitative estimate of drug-likeness (QED) is 0.869. The lowest BCUT2D eigenvalue weighted by molar-refractivity contribution is -0.122. The molecule has 0 bridgehead atoms. The van der Waals surface area contributed by atoms with Gasteiger partial charge in [-0.25, -0.2) is 0 Å². The van der Waals surface area contributed by atoms with Crippen molar-refractivity contribution in [2.24, 2.45) is 5.92 Å². The molecule has 20 heavy (non-hydrogen) atoms.